The first-order chi connectivity index (χ1) is 9.16. The van der Waals surface area contributed by atoms with Gasteiger partial charge in [-0.05, 0) is 11.5 Å². The van der Waals surface area contributed by atoms with E-state index in [2.05, 4.69) is 62.5 Å². The van der Waals surface area contributed by atoms with E-state index in [0.29, 0.717) is 12.0 Å². The van der Waals surface area contributed by atoms with E-state index in [1.165, 1.54) is 10.8 Å². The molecule has 1 atom stereocenters. The minimum Gasteiger partial charge on any atom is -0.493 e. The van der Waals surface area contributed by atoms with Crippen molar-refractivity contribution in [1.29, 1.82) is 0 Å². The molecule has 0 saturated heterocycles. The topological polar surface area (TPSA) is 21.3 Å². The molecule has 1 unspecified atom stereocenters. The van der Waals surface area contributed by atoms with E-state index in [0.717, 1.165) is 18.9 Å². The van der Waals surface area contributed by atoms with E-state index >= 15 is 0 Å². The number of ether oxygens (including phenoxy) is 1. The van der Waals surface area contributed by atoms with Crippen molar-refractivity contribution in [1.82, 2.24) is 5.32 Å². The van der Waals surface area contributed by atoms with Gasteiger partial charge in [0.1, 0.15) is 5.75 Å². The van der Waals surface area contributed by atoms with E-state index in [-0.39, 0.29) is 0 Å². The average Bonchev–Trinajstić information content (AvgIpc) is 2.42. The Hall–Kier alpha value is -1.54. The summed E-state index contributed by atoms with van der Waals surface area (Å²) in [4.78, 5) is 0. The summed E-state index contributed by atoms with van der Waals surface area (Å²) < 4.78 is 5.97. The van der Waals surface area contributed by atoms with Crippen LogP contribution < -0.4 is 10.1 Å². The molecule has 2 aromatic rings. The van der Waals surface area contributed by atoms with Crippen LogP contribution in [0.3, 0.4) is 0 Å². The number of nitrogens with one attached hydrogen (secondary N) is 1. The van der Waals surface area contributed by atoms with Crippen LogP contribution in [-0.4, -0.2) is 19.2 Å². The molecule has 0 heterocycles. The quantitative estimate of drug-likeness (QED) is 0.848. The Morgan fingerprint density at radius 2 is 1.74 bits per heavy atom. The van der Waals surface area contributed by atoms with Crippen LogP contribution in [0, 0.1) is 5.92 Å². The third kappa shape index (κ3) is 3.97. The first-order valence-electron chi connectivity index (χ1n) is 7.00. The van der Waals surface area contributed by atoms with E-state index in [9.17, 15) is 0 Å². The maximum Gasteiger partial charge on any atom is 0.127 e. The molecule has 0 saturated carbocycles. The maximum absolute atomic E-state index is 5.97. The summed E-state index contributed by atoms with van der Waals surface area (Å²) in [5.41, 5.74) is 0. The molecular weight excluding hydrogens is 234 g/mol. The average molecular weight is 257 g/mol. The zero-order chi connectivity index (χ0) is 13.7. The highest BCUT2D eigenvalue weighted by Gasteiger charge is 2.06. The van der Waals surface area contributed by atoms with Crippen molar-refractivity contribution in [3.8, 4) is 5.75 Å². The first kappa shape index (κ1) is 13.9. The van der Waals surface area contributed by atoms with Crippen molar-refractivity contribution >= 4 is 10.8 Å². The van der Waals surface area contributed by atoms with Gasteiger partial charge in [-0.3, -0.25) is 0 Å². The summed E-state index contributed by atoms with van der Waals surface area (Å²) >= 11 is 0. The molecule has 0 aromatic heterocycles. The number of hydrogen-bond donors (Lipinski definition) is 1. The Morgan fingerprint density at radius 1 is 1.00 bits per heavy atom. The lowest BCUT2D eigenvalue weighted by atomic mass is 10.1. The lowest BCUT2D eigenvalue weighted by Gasteiger charge is -2.16. The molecular formula is C17H23NO. The lowest BCUT2D eigenvalue weighted by molar-refractivity contribution is 0.255. The third-order valence-corrected chi connectivity index (χ3v) is 3.15. The summed E-state index contributed by atoms with van der Waals surface area (Å²) in [6.07, 6.45) is 0. The molecule has 0 spiro atoms. The predicted octanol–water partition coefficient (Wildman–Crippen LogP) is 3.85. The van der Waals surface area contributed by atoms with Crippen LogP contribution in [0.5, 0.6) is 5.75 Å². The van der Waals surface area contributed by atoms with E-state index in [4.69, 9.17) is 4.74 Å². The predicted molar refractivity (Wildman–Crippen MR) is 81.7 cm³/mol. The van der Waals surface area contributed by atoms with Crippen LogP contribution in [0.15, 0.2) is 42.5 Å². The summed E-state index contributed by atoms with van der Waals surface area (Å²) in [6.45, 7) is 8.27. The fourth-order valence-corrected chi connectivity index (χ4v) is 2.05. The largest absolute Gasteiger partial charge is 0.493 e. The van der Waals surface area contributed by atoms with Gasteiger partial charge in [0.15, 0.2) is 0 Å². The third-order valence-electron chi connectivity index (χ3n) is 3.15. The van der Waals surface area contributed by atoms with Gasteiger partial charge in [-0.1, -0.05) is 57.2 Å². The van der Waals surface area contributed by atoms with Gasteiger partial charge in [0, 0.05) is 23.9 Å². The van der Waals surface area contributed by atoms with Crippen molar-refractivity contribution in [3.63, 3.8) is 0 Å². The van der Waals surface area contributed by atoms with Gasteiger partial charge in [0.2, 0.25) is 0 Å². The molecule has 0 radical (unpaired) electrons. The number of hydrogen-bond acceptors (Lipinski definition) is 2. The maximum atomic E-state index is 5.97. The number of benzene rings is 2. The molecule has 0 aliphatic carbocycles. The van der Waals surface area contributed by atoms with Crippen LogP contribution in [-0.2, 0) is 0 Å². The molecule has 0 fully saturated rings. The fraction of sp³-hybridized carbons (Fsp3) is 0.412. The van der Waals surface area contributed by atoms with Gasteiger partial charge in [0.05, 0.1) is 6.61 Å². The van der Waals surface area contributed by atoms with Crippen molar-refractivity contribution in [2.24, 2.45) is 5.92 Å². The minimum atomic E-state index is 0.501. The zero-order valence-corrected chi connectivity index (χ0v) is 12.0. The number of rotatable bonds is 6. The lowest BCUT2D eigenvalue weighted by Crippen LogP contribution is -2.30. The summed E-state index contributed by atoms with van der Waals surface area (Å²) in [7, 11) is 0. The molecule has 0 bridgehead atoms. The summed E-state index contributed by atoms with van der Waals surface area (Å²) in [6, 6.07) is 15.1. The van der Waals surface area contributed by atoms with Crippen LogP contribution in [0.2, 0.25) is 0 Å². The van der Waals surface area contributed by atoms with Gasteiger partial charge in [-0.2, -0.15) is 0 Å². The van der Waals surface area contributed by atoms with Crippen LogP contribution in [0.25, 0.3) is 10.8 Å². The molecule has 2 nitrogen and oxygen atoms in total. The van der Waals surface area contributed by atoms with Crippen LogP contribution in [0.1, 0.15) is 20.8 Å². The van der Waals surface area contributed by atoms with Crippen molar-refractivity contribution < 1.29 is 4.74 Å². The van der Waals surface area contributed by atoms with Gasteiger partial charge in [0.25, 0.3) is 0 Å². The second kappa shape index (κ2) is 6.58. The smallest absolute Gasteiger partial charge is 0.127 e. The highest BCUT2D eigenvalue weighted by molar-refractivity contribution is 5.88. The summed E-state index contributed by atoms with van der Waals surface area (Å²) in [5, 5.41) is 5.86. The SMILES string of the molecule is CC(CNC(C)C)COc1cccc2ccccc12. The van der Waals surface area contributed by atoms with E-state index in [1.807, 2.05) is 6.07 Å². The van der Waals surface area contributed by atoms with Gasteiger partial charge in [-0.15, -0.1) is 0 Å². The molecule has 1 N–H and O–H groups in total. The van der Waals surface area contributed by atoms with Crippen molar-refractivity contribution in [2.45, 2.75) is 26.8 Å². The van der Waals surface area contributed by atoms with Crippen molar-refractivity contribution in [2.75, 3.05) is 13.2 Å². The second-order valence-electron chi connectivity index (χ2n) is 5.46. The van der Waals surface area contributed by atoms with E-state index < -0.39 is 0 Å². The fourth-order valence-electron chi connectivity index (χ4n) is 2.05. The highest BCUT2D eigenvalue weighted by atomic mass is 16.5. The normalized spacial score (nSPS) is 12.8. The highest BCUT2D eigenvalue weighted by Crippen LogP contribution is 2.25. The Morgan fingerprint density at radius 3 is 2.53 bits per heavy atom. The molecule has 0 aliphatic rings. The molecule has 19 heavy (non-hydrogen) atoms. The van der Waals surface area contributed by atoms with Crippen molar-refractivity contribution in [3.05, 3.63) is 42.5 Å². The van der Waals surface area contributed by atoms with Gasteiger partial charge < -0.3 is 10.1 Å². The zero-order valence-electron chi connectivity index (χ0n) is 12.0. The minimum absolute atomic E-state index is 0.501. The molecule has 0 amide bonds. The van der Waals surface area contributed by atoms with Crippen LogP contribution >= 0.6 is 0 Å². The standard InChI is InChI=1S/C17H23NO/c1-13(2)18-11-14(3)12-19-17-10-6-8-15-7-4-5-9-16(15)17/h4-10,13-14,18H,11-12H2,1-3H3. The Labute approximate surface area is 115 Å². The molecule has 2 heteroatoms. The van der Waals surface area contributed by atoms with E-state index in [1.54, 1.807) is 0 Å². The van der Waals surface area contributed by atoms with Crippen LogP contribution in [0.4, 0.5) is 0 Å². The molecule has 2 aromatic carbocycles. The molecule has 2 rings (SSSR count). The first-order valence-corrected chi connectivity index (χ1v) is 7.00. The molecule has 0 aliphatic heterocycles. The Balaban J connectivity index is 1.98. The second-order valence-corrected chi connectivity index (χ2v) is 5.46. The Kier molecular flexibility index (Phi) is 4.80. The van der Waals surface area contributed by atoms with Gasteiger partial charge in [-0.25, -0.2) is 0 Å². The number of fused-ring (bicyclic) bond motifs is 1. The Bertz CT molecular complexity index is 516. The van der Waals surface area contributed by atoms with Gasteiger partial charge >= 0.3 is 0 Å². The monoisotopic (exact) mass is 257 g/mol. The molecule has 102 valence electrons. The summed E-state index contributed by atoms with van der Waals surface area (Å²) in [5.74, 6) is 1.48.